The molecule has 0 aliphatic heterocycles. The molecule has 0 spiro atoms. The van der Waals surface area contributed by atoms with Gasteiger partial charge in [-0.25, -0.2) is 4.99 Å². The number of rotatable bonds is 8. The van der Waals surface area contributed by atoms with Crippen LogP contribution in [0.2, 0.25) is 5.02 Å². The van der Waals surface area contributed by atoms with E-state index in [4.69, 9.17) is 11.6 Å². The fourth-order valence-corrected chi connectivity index (χ4v) is 2.82. The third kappa shape index (κ3) is 7.31. The van der Waals surface area contributed by atoms with Gasteiger partial charge in [0.2, 0.25) is 0 Å². The number of carbonyl (C=O) groups is 1. The molecule has 0 aliphatic carbocycles. The number of hydrogen-bond acceptors (Lipinski definition) is 2. The highest BCUT2D eigenvalue weighted by molar-refractivity contribution is 6.30. The number of nitrogens with zero attached hydrogens (tertiary/aromatic N) is 1. The Bertz CT molecular complexity index is 776. The molecule has 0 atom stereocenters. The number of nitrogens with one attached hydrogen (secondary N) is 3. The largest absolute Gasteiger partial charge is 0.357 e. The Balaban J connectivity index is 1.94. The van der Waals surface area contributed by atoms with Gasteiger partial charge in [0.25, 0.3) is 5.91 Å². The van der Waals surface area contributed by atoms with E-state index in [0.29, 0.717) is 18.7 Å². The Kier molecular flexibility index (Phi) is 8.65. The second-order valence-electron chi connectivity index (χ2n) is 6.06. The monoisotopic (exact) mass is 386 g/mol. The maximum absolute atomic E-state index is 12.0. The smallest absolute Gasteiger partial charge is 0.251 e. The molecule has 144 valence electrons. The van der Waals surface area contributed by atoms with Crippen LogP contribution in [0, 0.1) is 0 Å². The zero-order chi connectivity index (χ0) is 19.5. The first-order valence-electron chi connectivity index (χ1n) is 9.26. The van der Waals surface area contributed by atoms with Gasteiger partial charge in [0.15, 0.2) is 5.96 Å². The van der Waals surface area contributed by atoms with E-state index in [0.717, 1.165) is 36.1 Å². The van der Waals surface area contributed by atoms with Crippen LogP contribution in [0.5, 0.6) is 0 Å². The second kappa shape index (κ2) is 11.2. The lowest BCUT2D eigenvalue weighted by Gasteiger charge is -2.12. The zero-order valence-corrected chi connectivity index (χ0v) is 16.6. The molecular weight excluding hydrogens is 360 g/mol. The van der Waals surface area contributed by atoms with Gasteiger partial charge in [0.05, 0.1) is 6.54 Å². The molecular formula is C21H27ClN4O. The van der Waals surface area contributed by atoms with Gasteiger partial charge in [-0.1, -0.05) is 35.9 Å². The van der Waals surface area contributed by atoms with Gasteiger partial charge in [0, 0.05) is 30.2 Å². The van der Waals surface area contributed by atoms with Crippen molar-refractivity contribution in [3.63, 3.8) is 0 Å². The fraction of sp³-hybridized carbons (Fsp3) is 0.333. The van der Waals surface area contributed by atoms with Gasteiger partial charge in [-0.3, -0.25) is 4.79 Å². The van der Waals surface area contributed by atoms with Gasteiger partial charge in [-0.15, -0.1) is 0 Å². The lowest BCUT2D eigenvalue weighted by Crippen LogP contribution is -2.38. The summed E-state index contributed by atoms with van der Waals surface area (Å²) >= 11 is 6.02. The number of benzene rings is 2. The van der Waals surface area contributed by atoms with Crippen LogP contribution >= 0.6 is 11.6 Å². The lowest BCUT2D eigenvalue weighted by atomic mass is 10.1. The average molecular weight is 387 g/mol. The first-order chi connectivity index (χ1) is 13.1. The van der Waals surface area contributed by atoms with Crippen LogP contribution in [0.3, 0.4) is 0 Å². The molecule has 6 heteroatoms. The van der Waals surface area contributed by atoms with Gasteiger partial charge in [0.1, 0.15) is 0 Å². The lowest BCUT2D eigenvalue weighted by molar-refractivity contribution is 0.0955. The number of amides is 1. The molecule has 0 saturated heterocycles. The van der Waals surface area contributed by atoms with Crippen LogP contribution < -0.4 is 16.0 Å². The molecule has 0 aromatic heterocycles. The zero-order valence-electron chi connectivity index (χ0n) is 15.9. The normalized spacial score (nSPS) is 11.1. The molecule has 2 aromatic rings. The number of guanidine groups is 1. The van der Waals surface area contributed by atoms with Crippen molar-refractivity contribution in [2.45, 2.75) is 26.8 Å². The minimum absolute atomic E-state index is 0.0603. The quantitative estimate of drug-likeness (QED) is 0.481. The maximum Gasteiger partial charge on any atom is 0.251 e. The highest BCUT2D eigenvalue weighted by Gasteiger charge is 2.05. The summed E-state index contributed by atoms with van der Waals surface area (Å²) < 4.78 is 0. The van der Waals surface area contributed by atoms with E-state index in [-0.39, 0.29) is 5.91 Å². The van der Waals surface area contributed by atoms with Crippen molar-refractivity contribution in [1.82, 2.24) is 16.0 Å². The van der Waals surface area contributed by atoms with Crippen molar-refractivity contribution in [2.75, 3.05) is 19.6 Å². The van der Waals surface area contributed by atoms with E-state index in [1.807, 2.05) is 56.3 Å². The van der Waals surface area contributed by atoms with Crippen LogP contribution in [0.25, 0.3) is 0 Å². The molecule has 0 unspecified atom stereocenters. The first kappa shape index (κ1) is 20.8. The maximum atomic E-state index is 12.0. The fourth-order valence-electron chi connectivity index (χ4n) is 2.60. The third-order valence-electron chi connectivity index (χ3n) is 3.89. The minimum atomic E-state index is -0.0603. The van der Waals surface area contributed by atoms with Gasteiger partial charge in [-0.05, 0) is 55.7 Å². The van der Waals surface area contributed by atoms with Crippen molar-refractivity contribution in [2.24, 2.45) is 4.99 Å². The number of hydrogen-bond donors (Lipinski definition) is 3. The molecule has 0 fully saturated rings. The molecule has 2 rings (SSSR count). The molecule has 0 radical (unpaired) electrons. The van der Waals surface area contributed by atoms with Gasteiger partial charge < -0.3 is 16.0 Å². The molecule has 3 N–H and O–H groups in total. The Hall–Kier alpha value is -2.53. The SMILES string of the molecule is CCNC(=O)c1cccc(CN=C(NCC)NCCc2cccc(Cl)c2)c1. The van der Waals surface area contributed by atoms with Crippen LogP contribution in [-0.4, -0.2) is 31.5 Å². The highest BCUT2D eigenvalue weighted by Crippen LogP contribution is 2.10. The van der Waals surface area contributed by atoms with Crippen molar-refractivity contribution < 1.29 is 4.79 Å². The standard InChI is InChI=1S/C21H27ClN4O/c1-3-23-20(27)18-9-5-8-17(13-18)15-26-21(24-4-2)25-12-11-16-7-6-10-19(22)14-16/h5-10,13-14H,3-4,11-12,15H2,1-2H3,(H,23,27)(H2,24,25,26). The van der Waals surface area contributed by atoms with Crippen LogP contribution in [0.1, 0.15) is 35.3 Å². The summed E-state index contributed by atoms with van der Waals surface area (Å²) in [6.07, 6.45) is 0.859. The van der Waals surface area contributed by atoms with Gasteiger partial charge >= 0.3 is 0 Å². The predicted octanol–water partition coefficient (Wildman–Crippen LogP) is 3.39. The number of aliphatic imine (C=N–C) groups is 1. The molecule has 2 aromatic carbocycles. The molecule has 27 heavy (non-hydrogen) atoms. The van der Waals surface area contributed by atoms with E-state index in [2.05, 4.69) is 27.0 Å². The highest BCUT2D eigenvalue weighted by atomic mass is 35.5. The van der Waals surface area contributed by atoms with Crippen molar-refractivity contribution in [1.29, 1.82) is 0 Å². The van der Waals surface area contributed by atoms with Crippen LogP contribution in [-0.2, 0) is 13.0 Å². The number of carbonyl (C=O) groups excluding carboxylic acids is 1. The summed E-state index contributed by atoms with van der Waals surface area (Å²) in [6, 6.07) is 15.4. The van der Waals surface area contributed by atoms with E-state index >= 15 is 0 Å². The molecule has 5 nitrogen and oxygen atoms in total. The second-order valence-corrected chi connectivity index (χ2v) is 6.50. The summed E-state index contributed by atoms with van der Waals surface area (Å²) in [4.78, 5) is 16.6. The predicted molar refractivity (Wildman–Crippen MR) is 112 cm³/mol. The topological polar surface area (TPSA) is 65.5 Å². The van der Waals surface area contributed by atoms with Crippen molar-refractivity contribution >= 4 is 23.5 Å². The summed E-state index contributed by atoms with van der Waals surface area (Å²) in [7, 11) is 0. The van der Waals surface area contributed by atoms with E-state index in [1.165, 1.54) is 5.56 Å². The van der Waals surface area contributed by atoms with Crippen molar-refractivity contribution in [3.05, 3.63) is 70.2 Å². The molecule has 1 amide bonds. The molecule has 0 heterocycles. The summed E-state index contributed by atoms with van der Waals surface area (Å²) in [6.45, 7) is 6.59. The minimum Gasteiger partial charge on any atom is -0.357 e. The molecule has 0 bridgehead atoms. The Morgan fingerprint density at radius 2 is 1.70 bits per heavy atom. The Labute approximate surface area is 166 Å². The van der Waals surface area contributed by atoms with E-state index in [9.17, 15) is 4.79 Å². The summed E-state index contributed by atoms with van der Waals surface area (Å²) in [5, 5.41) is 10.1. The molecule has 0 saturated carbocycles. The summed E-state index contributed by atoms with van der Waals surface area (Å²) in [5.41, 5.74) is 2.83. The average Bonchev–Trinajstić information content (AvgIpc) is 2.66. The van der Waals surface area contributed by atoms with Crippen LogP contribution in [0.4, 0.5) is 0 Å². The third-order valence-corrected chi connectivity index (χ3v) is 4.12. The Morgan fingerprint density at radius 3 is 2.44 bits per heavy atom. The number of halogens is 1. The summed E-state index contributed by atoms with van der Waals surface area (Å²) in [5.74, 6) is 0.692. The first-order valence-corrected chi connectivity index (χ1v) is 9.64. The van der Waals surface area contributed by atoms with Crippen LogP contribution in [0.15, 0.2) is 53.5 Å². The Morgan fingerprint density at radius 1 is 0.963 bits per heavy atom. The van der Waals surface area contributed by atoms with Gasteiger partial charge in [-0.2, -0.15) is 0 Å². The molecule has 0 aliphatic rings. The van der Waals surface area contributed by atoms with Crippen molar-refractivity contribution in [3.8, 4) is 0 Å². The van der Waals surface area contributed by atoms with E-state index < -0.39 is 0 Å². The van der Waals surface area contributed by atoms with E-state index in [1.54, 1.807) is 0 Å².